The van der Waals surface area contributed by atoms with Crippen molar-refractivity contribution in [3.8, 4) is 0 Å². The minimum atomic E-state index is -0.781. The highest BCUT2D eigenvalue weighted by atomic mass is 32.2. The number of nitrogens with zero attached hydrogens (tertiary/aromatic N) is 2. The van der Waals surface area contributed by atoms with Crippen molar-refractivity contribution in [1.82, 2.24) is 10.2 Å². The van der Waals surface area contributed by atoms with Gasteiger partial charge in [-0.15, -0.1) is 11.8 Å². The lowest BCUT2D eigenvalue weighted by Crippen LogP contribution is -2.57. The number of hydrogen-bond donors (Lipinski definition) is 3. The van der Waals surface area contributed by atoms with Crippen LogP contribution in [0.25, 0.3) is 0 Å². The number of thioether (sulfide) groups is 1. The molecule has 3 fully saturated rings. The molecule has 3 saturated heterocycles. The van der Waals surface area contributed by atoms with E-state index >= 15 is 0 Å². The molecule has 41 heavy (non-hydrogen) atoms. The van der Waals surface area contributed by atoms with Crippen LogP contribution in [0.2, 0.25) is 0 Å². The normalized spacial score (nSPS) is 28.9. The lowest BCUT2D eigenvalue weighted by atomic mass is 9.66. The number of carbonyl (C=O) groups excluding carboxylic acids is 3. The zero-order valence-corrected chi connectivity index (χ0v) is 25.2. The smallest absolute Gasteiger partial charge is 0.248 e. The fraction of sp³-hybridized carbons (Fsp3) is 0.531. The van der Waals surface area contributed by atoms with Gasteiger partial charge in [0, 0.05) is 36.3 Å². The van der Waals surface area contributed by atoms with E-state index in [4.69, 9.17) is 0 Å². The molecule has 5 rings (SSSR count). The van der Waals surface area contributed by atoms with Gasteiger partial charge in [-0.1, -0.05) is 44.2 Å². The molecule has 3 amide bonds. The largest absolute Gasteiger partial charge is 0.394 e. The molecule has 0 saturated carbocycles. The first-order valence-corrected chi connectivity index (χ1v) is 15.8. The van der Waals surface area contributed by atoms with Crippen molar-refractivity contribution in [2.75, 3.05) is 29.9 Å². The summed E-state index contributed by atoms with van der Waals surface area (Å²) in [6.07, 6.45) is 1.28. The summed E-state index contributed by atoms with van der Waals surface area (Å²) in [4.78, 5) is 46.0. The zero-order chi connectivity index (χ0) is 29.3. The van der Waals surface area contributed by atoms with Gasteiger partial charge in [0.2, 0.25) is 17.7 Å². The Balaban J connectivity index is 1.44. The van der Waals surface area contributed by atoms with E-state index in [1.807, 2.05) is 61.5 Å². The number of aliphatic hydroxyl groups excluding tert-OH is 1. The molecule has 3 N–H and O–H groups in total. The Kier molecular flexibility index (Phi) is 8.66. The molecule has 8 nitrogen and oxygen atoms in total. The summed E-state index contributed by atoms with van der Waals surface area (Å²) in [5.41, 5.74) is 2.74. The number of fused-ring (bicyclic) bond motifs is 1. The summed E-state index contributed by atoms with van der Waals surface area (Å²) in [6.45, 7) is 10.2. The van der Waals surface area contributed by atoms with Crippen molar-refractivity contribution in [2.24, 2.45) is 17.8 Å². The van der Waals surface area contributed by atoms with E-state index in [1.54, 1.807) is 16.7 Å². The SMILES string of the molecule is CC[C@@H](CO)N1C(=O)[C@@H]2[C@H](C(=O)NCc3ccccc3)[C@@H]3CC(C)C2(S3)C1C(=O)Nc1ccc(N(CC)CC)cc1. The predicted octanol–water partition coefficient (Wildman–Crippen LogP) is 3.90. The maximum atomic E-state index is 14.3. The molecule has 3 heterocycles. The second kappa shape index (κ2) is 12.1. The highest BCUT2D eigenvalue weighted by Crippen LogP contribution is 2.68. The van der Waals surface area contributed by atoms with Crippen LogP contribution in [0.1, 0.15) is 46.1 Å². The van der Waals surface area contributed by atoms with Crippen LogP contribution >= 0.6 is 11.8 Å². The second-order valence-electron chi connectivity index (χ2n) is 11.5. The molecule has 3 aliphatic rings. The number of benzene rings is 2. The lowest BCUT2D eigenvalue weighted by molar-refractivity contribution is -0.142. The highest BCUT2D eigenvalue weighted by molar-refractivity contribution is 8.02. The molecule has 9 heteroatoms. The summed E-state index contributed by atoms with van der Waals surface area (Å²) in [7, 11) is 0. The van der Waals surface area contributed by atoms with Crippen LogP contribution in [0.4, 0.5) is 11.4 Å². The van der Waals surface area contributed by atoms with E-state index < -0.39 is 28.7 Å². The Labute approximate surface area is 247 Å². The molecular formula is C32H42N4O4S. The molecule has 0 radical (unpaired) electrons. The van der Waals surface area contributed by atoms with Gasteiger partial charge in [0.1, 0.15) is 6.04 Å². The van der Waals surface area contributed by atoms with Crippen molar-refractivity contribution in [3.63, 3.8) is 0 Å². The Morgan fingerprint density at radius 2 is 1.76 bits per heavy atom. The third-order valence-electron chi connectivity index (χ3n) is 9.38. The highest BCUT2D eigenvalue weighted by Gasteiger charge is 2.76. The molecule has 2 aromatic carbocycles. The van der Waals surface area contributed by atoms with Gasteiger partial charge >= 0.3 is 0 Å². The quantitative estimate of drug-likeness (QED) is 0.374. The van der Waals surface area contributed by atoms with Gasteiger partial charge in [-0.25, -0.2) is 0 Å². The maximum absolute atomic E-state index is 14.3. The summed E-state index contributed by atoms with van der Waals surface area (Å²) in [5.74, 6) is -1.65. The van der Waals surface area contributed by atoms with Gasteiger partial charge in [0.25, 0.3) is 0 Å². The van der Waals surface area contributed by atoms with Crippen LogP contribution < -0.4 is 15.5 Å². The van der Waals surface area contributed by atoms with Crippen LogP contribution in [-0.4, -0.2) is 69.5 Å². The van der Waals surface area contributed by atoms with Crippen molar-refractivity contribution >= 4 is 40.9 Å². The molecule has 0 aromatic heterocycles. The van der Waals surface area contributed by atoms with E-state index in [2.05, 4.69) is 36.3 Å². The van der Waals surface area contributed by atoms with Crippen LogP contribution in [-0.2, 0) is 20.9 Å². The van der Waals surface area contributed by atoms with Gasteiger partial charge in [-0.2, -0.15) is 0 Å². The Morgan fingerprint density at radius 1 is 1.07 bits per heavy atom. The zero-order valence-electron chi connectivity index (χ0n) is 24.4. The average molecular weight is 579 g/mol. The molecule has 2 bridgehead atoms. The average Bonchev–Trinajstić information content (AvgIpc) is 3.58. The van der Waals surface area contributed by atoms with Gasteiger partial charge in [0.15, 0.2) is 0 Å². The summed E-state index contributed by atoms with van der Waals surface area (Å²) in [5, 5.41) is 16.4. The topological polar surface area (TPSA) is 102 Å². The predicted molar refractivity (Wildman–Crippen MR) is 164 cm³/mol. The number of carbonyl (C=O) groups is 3. The first kappa shape index (κ1) is 29.5. The Hall–Kier alpha value is -3.04. The number of nitrogens with one attached hydrogen (secondary N) is 2. The minimum Gasteiger partial charge on any atom is -0.394 e. The Bertz CT molecular complexity index is 1250. The fourth-order valence-electron chi connectivity index (χ4n) is 7.32. The van der Waals surface area contributed by atoms with Crippen LogP contribution in [0, 0.1) is 17.8 Å². The van der Waals surface area contributed by atoms with E-state index in [0.29, 0.717) is 18.7 Å². The number of rotatable bonds is 11. The van der Waals surface area contributed by atoms with Gasteiger partial charge < -0.3 is 25.5 Å². The summed E-state index contributed by atoms with van der Waals surface area (Å²) >= 11 is 1.65. The summed E-state index contributed by atoms with van der Waals surface area (Å²) in [6, 6.07) is 16.2. The van der Waals surface area contributed by atoms with E-state index in [9.17, 15) is 19.5 Å². The van der Waals surface area contributed by atoms with Gasteiger partial charge in [0.05, 0.1) is 29.2 Å². The van der Waals surface area contributed by atoms with Crippen molar-refractivity contribution in [2.45, 2.75) is 69.2 Å². The number of anilines is 2. The van der Waals surface area contributed by atoms with E-state index in [1.165, 1.54) is 0 Å². The number of likely N-dealkylation sites (tertiary alicyclic amines) is 1. The molecule has 2 aromatic rings. The molecule has 3 aliphatic heterocycles. The van der Waals surface area contributed by atoms with E-state index in [-0.39, 0.29) is 35.5 Å². The van der Waals surface area contributed by atoms with Crippen molar-refractivity contribution in [3.05, 3.63) is 60.2 Å². The van der Waals surface area contributed by atoms with Crippen LogP contribution in [0.15, 0.2) is 54.6 Å². The number of amides is 3. The monoisotopic (exact) mass is 578 g/mol. The standard InChI is InChI=1S/C32H42N4O4S/c1-5-23(19-37)36-28(30(39)34-22-13-15-24(16-14-22)35(6-2)7-3)32-20(4)17-25(41-32)26(27(32)31(36)40)29(38)33-18-21-11-9-8-10-12-21/h8-16,20,23,25-28,37H,5-7,17-19H2,1-4H3,(H,33,38)(H,34,39)/t20?,23-,25-,26+,27-,28?,32?/m0/s1. The molecule has 0 aliphatic carbocycles. The van der Waals surface area contributed by atoms with E-state index in [0.717, 1.165) is 30.8 Å². The molecule has 1 spiro atoms. The summed E-state index contributed by atoms with van der Waals surface area (Å²) < 4.78 is -0.732. The maximum Gasteiger partial charge on any atom is 0.248 e. The van der Waals surface area contributed by atoms with Crippen LogP contribution in [0.5, 0.6) is 0 Å². The molecule has 220 valence electrons. The minimum absolute atomic E-state index is 0.0327. The van der Waals surface area contributed by atoms with Crippen LogP contribution in [0.3, 0.4) is 0 Å². The van der Waals surface area contributed by atoms with Crippen molar-refractivity contribution in [1.29, 1.82) is 0 Å². The number of hydrogen-bond acceptors (Lipinski definition) is 6. The molecule has 3 unspecified atom stereocenters. The fourth-order valence-corrected chi connectivity index (χ4v) is 9.73. The molecular weight excluding hydrogens is 536 g/mol. The van der Waals surface area contributed by atoms with Crippen molar-refractivity contribution < 1.29 is 19.5 Å². The second-order valence-corrected chi connectivity index (χ2v) is 13.0. The Morgan fingerprint density at radius 3 is 2.37 bits per heavy atom. The molecule has 7 atom stereocenters. The lowest BCUT2D eigenvalue weighted by Gasteiger charge is -2.40. The first-order chi connectivity index (χ1) is 19.8. The third kappa shape index (κ3) is 5.01. The number of aliphatic hydroxyl groups is 1. The van der Waals surface area contributed by atoms with Gasteiger partial charge in [-0.3, -0.25) is 14.4 Å². The van der Waals surface area contributed by atoms with Gasteiger partial charge in [-0.05, 0) is 62.4 Å². The first-order valence-electron chi connectivity index (χ1n) is 14.9. The third-order valence-corrected chi connectivity index (χ3v) is 11.5.